The van der Waals surface area contributed by atoms with Crippen LogP contribution in [0.3, 0.4) is 0 Å². The molecule has 1 aromatic carbocycles. The van der Waals surface area contributed by atoms with Crippen molar-refractivity contribution in [2.75, 3.05) is 19.8 Å². The third-order valence-corrected chi connectivity index (χ3v) is 5.30. The van der Waals surface area contributed by atoms with Crippen LogP contribution >= 0.6 is 0 Å². The largest absolute Gasteiger partial charge is 0.490 e. The van der Waals surface area contributed by atoms with E-state index in [-0.39, 0.29) is 17.1 Å². The number of Topliss-reactive ketones (excluding diaryl/α,β-unsaturated/α-hetero) is 2. The molecule has 0 aliphatic heterocycles. The average molecular weight is 461 g/mol. The molecule has 0 N–H and O–H groups in total. The van der Waals surface area contributed by atoms with Gasteiger partial charge in [-0.2, -0.15) is 0 Å². The number of carbonyl (C=O) groups excluding carboxylic acids is 2. The number of hydrogen-bond acceptors (Lipinski definition) is 5. The first-order valence-electron chi connectivity index (χ1n) is 12.8. The van der Waals surface area contributed by atoms with Crippen LogP contribution in [0.2, 0.25) is 0 Å². The predicted octanol–water partition coefficient (Wildman–Crippen LogP) is 7.35. The molecule has 0 amide bonds. The Hall–Kier alpha value is -2.30. The third-order valence-electron chi connectivity index (χ3n) is 5.30. The summed E-state index contributed by atoms with van der Waals surface area (Å²) in [5.74, 6) is 1.47. The Morgan fingerprint density at radius 2 is 1.21 bits per heavy atom. The number of ether oxygens (including phenoxy) is 3. The van der Waals surface area contributed by atoms with Crippen molar-refractivity contribution in [3.05, 3.63) is 23.3 Å². The molecule has 0 bridgehead atoms. The van der Waals surface area contributed by atoms with Gasteiger partial charge < -0.3 is 14.2 Å². The first kappa shape index (κ1) is 28.7. The quantitative estimate of drug-likeness (QED) is 0.0935. The van der Waals surface area contributed by atoms with E-state index in [4.69, 9.17) is 14.2 Å². The number of rotatable bonds is 19. The molecule has 0 saturated heterocycles. The lowest BCUT2D eigenvalue weighted by Gasteiger charge is -2.18. The molecule has 0 unspecified atom stereocenters. The molecule has 0 fully saturated rings. The molecule has 0 aliphatic rings. The molecular formula is C28H44O5. The molecule has 0 aromatic heterocycles. The van der Waals surface area contributed by atoms with Gasteiger partial charge in [-0.3, -0.25) is 9.59 Å². The lowest BCUT2D eigenvalue weighted by Crippen LogP contribution is -2.10. The molecule has 5 nitrogen and oxygen atoms in total. The van der Waals surface area contributed by atoms with Crippen LogP contribution in [0.4, 0.5) is 0 Å². The van der Waals surface area contributed by atoms with Crippen molar-refractivity contribution in [2.24, 2.45) is 0 Å². The first-order chi connectivity index (χ1) is 16.0. The summed E-state index contributed by atoms with van der Waals surface area (Å²) in [5.41, 5.74) is 0.939. The molecule has 1 rings (SSSR count). The summed E-state index contributed by atoms with van der Waals surface area (Å²) in [6.45, 7) is 11.6. The van der Waals surface area contributed by atoms with Crippen molar-refractivity contribution in [3.63, 3.8) is 0 Å². The fourth-order valence-corrected chi connectivity index (χ4v) is 3.22. The SMILES string of the molecule is CCCCCC(=O)C(=Cc1cc(OCCCC)c(OCCCC)c(OCCCC)c1)C(C)=O. The Morgan fingerprint density at radius 3 is 1.67 bits per heavy atom. The van der Waals surface area contributed by atoms with Crippen molar-refractivity contribution in [3.8, 4) is 17.2 Å². The van der Waals surface area contributed by atoms with Crippen molar-refractivity contribution < 1.29 is 23.8 Å². The number of benzene rings is 1. The van der Waals surface area contributed by atoms with Crippen LogP contribution in [0.25, 0.3) is 6.08 Å². The fourth-order valence-electron chi connectivity index (χ4n) is 3.22. The normalized spacial score (nSPS) is 11.4. The predicted molar refractivity (Wildman–Crippen MR) is 135 cm³/mol. The summed E-state index contributed by atoms with van der Waals surface area (Å²) in [6, 6.07) is 3.71. The monoisotopic (exact) mass is 460 g/mol. The zero-order valence-corrected chi connectivity index (χ0v) is 21.5. The third kappa shape index (κ3) is 10.9. The zero-order chi connectivity index (χ0) is 24.5. The summed E-state index contributed by atoms with van der Waals surface area (Å²) in [7, 11) is 0. The Labute approximate surface area is 200 Å². The van der Waals surface area contributed by atoms with E-state index in [1.54, 1.807) is 6.08 Å². The van der Waals surface area contributed by atoms with Crippen LogP contribution in [0.15, 0.2) is 17.7 Å². The minimum atomic E-state index is -0.221. The van der Waals surface area contributed by atoms with Crippen LogP contribution in [0.5, 0.6) is 17.2 Å². The molecule has 0 aliphatic carbocycles. The summed E-state index contributed by atoms with van der Waals surface area (Å²) >= 11 is 0. The van der Waals surface area contributed by atoms with Crippen molar-refractivity contribution in [1.29, 1.82) is 0 Å². The minimum absolute atomic E-state index is 0.110. The van der Waals surface area contributed by atoms with Gasteiger partial charge in [-0.15, -0.1) is 0 Å². The smallest absolute Gasteiger partial charge is 0.203 e. The second kappa shape index (κ2) is 17.2. The maximum atomic E-state index is 12.7. The highest BCUT2D eigenvalue weighted by Gasteiger charge is 2.18. The molecule has 186 valence electrons. The van der Waals surface area contributed by atoms with Crippen molar-refractivity contribution in [2.45, 2.75) is 98.8 Å². The van der Waals surface area contributed by atoms with E-state index in [0.717, 1.165) is 57.8 Å². The topological polar surface area (TPSA) is 61.8 Å². The zero-order valence-electron chi connectivity index (χ0n) is 21.5. The van der Waals surface area contributed by atoms with Gasteiger partial charge in [-0.1, -0.05) is 59.8 Å². The highest BCUT2D eigenvalue weighted by Crippen LogP contribution is 2.40. The van der Waals surface area contributed by atoms with E-state index in [0.29, 0.717) is 49.1 Å². The highest BCUT2D eigenvalue weighted by molar-refractivity contribution is 6.22. The van der Waals surface area contributed by atoms with E-state index in [1.165, 1.54) is 6.92 Å². The summed E-state index contributed by atoms with van der Waals surface area (Å²) in [5, 5.41) is 0. The van der Waals surface area contributed by atoms with Gasteiger partial charge in [0.25, 0.3) is 0 Å². The first-order valence-corrected chi connectivity index (χ1v) is 12.8. The second-order valence-corrected chi connectivity index (χ2v) is 8.45. The van der Waals surface area contributed by atoms with Gasteiger partial charge in [0.2, 0.25) is 5.75 Å². The van der Waals surface area contributed by atoms with Crippen LogP contribution in [0, 0.1) is 0 Å². The van der Waals surface area contributed by atoms with Gasteiger partial charge in [-0.25, -0.2) is 0 Å². The van der Waals surface area contributed by atoms with Crippen LogP contribution in [-0.2, 0) is 9.59 Å². The molecule has 0 spiro atoms. The standard InChI is InChI=1S/C28H44O5/c1-6-10-14-15-25(30)24(22(5)29)19-23-20-26(31-16-11-7-2)28(33-18-13-9-4)27(21-23)32-17-12-8-3/h19-21H,6-18H2,1-5H3. The van der Waals surface area contributed by atoms with Crippen LogP contribution in [-0.4, -0.2) is 31.4 Å². The number of carbonyl (C=O) groups is 2. The summed E-state index contributed by atoms with van der Waals surface area (Å²) < 4.78 is 18.2. The molecular weight excluding hydrogens is 416 g/mol. The summed E-state index contributed by atoms with van der Waals surface area (Å²) in [4.78, 5) is 25.0. The number of unbranched alkanes of at least 4 members (excludes halogenated alkanes) is 5. The molecule has 0 atom stereocenters. The van der Waals surface area contributed by atoms with Crippen molar-refractivity contribution >= 4 is 17.6 Å². The van der Waals surface area contributed by atoms with Gasteiger partial charge in [-0.05, 0) is 56.4 Å². The highest BCUT2D eigenvalue weighted by atomic mass is 16.5. The van der Waals surface area contributed by atoms with E-state index in [1.807, 2.05) is 12.1 Å². The Morgan fingerprint density at radius 1 is 0.727 bits per heavy atom. The van der Waals surface area contributed by atoms with E-state index >= 15 is 0 Å². The van der Waals surface area contributed by atoms with Gasteiger partial charge >= 0.3 is 0 Å². The molecule has 1 aromatic rings. The second-order valence-electron chi connectivity index (χ2n) is 8.45. The number of hydrogen-bond donors (Lipinski definition) is 0. The van der Waals surface area contributed by atoms with Gasteiger partial charge in [0.15, 0.2) is 23.1 Å². The van der Waals surface area contributed by atoms with E-state index in [2.05, 4.69) is 27.7 Å². The minimum Gasteiger partial charge on any atom is -0.490 e. The molecule has 0 saturated carbocycles. The Balaban J connectivity index is 3.38. The maximum absolute atomic E-state index is 12.7. The van der Waals surface area contributed by atoms with E-state index in [9.17, 15) is 9.59 Å². The van der Waals surface area contributed by atoms with Gasteiger partial charge in [0, 0.05) is 6.42 Å². The summed E-state index contributed by atoms with van der Waals surface area (Å²) in [6.07, 6.45) is 10.7. The molecule has 5 heteroatoms. The van der Waals surface area contributed by atoms with Gasteiger partial charge in [0.05, 0.1) is 25.4 Å². The molecule has 0 heterocycles. The Kier molecular flexibility index (Phi) is 15.0. The van der Waals surface area contributed by atoms with E-state index < -0.39 is 0 Å². The van der Waals surface area contributed by atoms with Crippen molar-refractivity contribution in [1.82, 2.24) is 0 Å². The lowest BCUT2D eigenvalue weighted by molar-refractivity contribution is -0.120. The Bertz CT molecular complexity index is 720. The number of allylic oxidation sites excluding steroid dienone is 1. The van der Waals surface area contributed by atoms with Crippen LogP contribution < -0.4 is 14.2 Å². The molecule has 0 radical (unpaired) electrons. The van der Waals surface area contributed by atoms with Crippen LogP contribution in [0.1, 0.15) is 104 Å². The average Bonchev–Trinajstić information content (AvgIpc) is 2.79. The fraction of sp³-hybridized carbons (Fsp3) is 0.643. The maximum Gasteiger partial charge on any atom is 0.203 e. The molecule has 33 heavy (non-hydrogen) atoms. The van der Waals surface area contributed by atoms with Gasteiger partial charge in [0.1, 0.15) is 0 Å². The lowest BCUT2D eigenvalue weighted by atomic mass is 9.99. The number of ketones is 2.